The number of nitrogens with one attached hydrogen (secondary N) is 1. The van der Waals surface area contributed by atoms with Gasteiger partial charge in [0.1, 0.15) is 5.69 Å². The van der Waals surface area contributed by atoms with Gasteiger partial charge in [0.25, 0.3) is 5.91 Å². The zero-order valence-corrected chi connectivity index (χ0v) is 11.1. The monoisotopic (exact) mass is 250 g/mol. The van der Waals surface area contributed by atoms with Crippen molar-refractivity contribution in [1.82, 2.24) is 15.1 Å². The molecule has 2 atom stereocenters. The Bertz CT molecular complexity index is 427. The van der Waals surface area contributed by atoms with E-state index < -0.39 is 0 Å². The van der Waals surface area contributed by atoms with Crippen molar-refractivity contribution in [3.8, 4) is 0 Å². The standard InChI is InChI=1S/C13H22N4O/c1-3-10-7-12(17(2)16-10)13(18)15-11-6-4-5-9(11)8-14/h7,9,11H,3-6,8,14H2,1-2H3,(H,15,18). The molecule has 0 bridgehead atoms. The summed E-state index contributed by atoms with van der Waals surface area (Å²) in [5, 5.41) is 7.39. The molecule has 18 heavy (non-hydrogen) atoms. The van der Waals surface area contributed by atoms with E-state index in [0.717, 1.165) is 31.4 Å². The fourth-order valence-corrected chi connectivity index (χ4v) is 2.66. The molecule has 1 amide bonds. The molecule has 0 radical (unpaired) electrons. The first-order valence-electron chi connectivity index (χ1n) is 6.69. The fourth-order valence-electron chi connectivity index (χ4n) is 2.66. The average molecular weight is 250 g/mol. The SMILES string of the molecule is CCc1cc(C(=O)NC2CCCC2CN)n(C)n1. The zero-order valence-electron chi connectivity index (χ0n) is 11.1. The maximum Gasteiger partial charge on any atom is 0.269 e. The van der Waals surface area contributed by atoms with E-state index in [2.05, 4.69) is 10.4 Å². The molecule has 1 aliphatic carbocycles. The first kappa shape index (κ1) is 13.1. The van der Waals surface area contributed by atoms with Gasteiger partial charge in [0, 0.05) is 13.1 Å². The van der Waals surface area contributed by atoms with Crippen LogP contribution in [0.3, 0.4) is 0 Å². The molecule has 0 aromatic carbocycles. The van der Waals surface area contributed by atoms with Crippen molar-refractivity contribution in [1.29, 1.82) is 0 Å². The lowest BCUT2D eigenvalue weighted by Gasteiger charge is -2.19. The van der Waals surface area contributed by atoms with Gasteiger partial charge in [-0.15, -0.1) is 0 Å². The summed E-state index contributed by atoms with van der Waals surface area (Å²) in [6.07, 6.45) is 4.15. The summed E-state index contributed by atoms with van der Waals surface area (Å²) in [4.78, 5) is 12.2. The molecule has 1 aromatic rings. The number of aryl methyl sites for hydroxylation is 2. The van der Waals surface area contributed by atoms with E-state index >= 15 is 0 Å². The van der Waals surface area contributed by atoms with Crippen LogP contribution in [0.15, 0.2) is 6.07 Å². The highest BCUT2D eigenvalue weighted by Gasteiger charge is 2.28. The molecule has 1 heterocycles. The normalized spacial score (nSPS) is 23.3. The van der Waals surface area contributed by atoms with Gasteiger partial charge in [-0.3, -0.25) is 9.48 Å². The molecule has 5 nitrogen and oxygen atoms in total. The van der Waals surface area contributed by atoms with Crippen LogP contribution >= 0.6 is 0 Å². The highest BCUT2D eigenvalue weighted by atomic mass is 16.2. The second-order valence-corrected chi connectivity index (χ2v) is 5.00. The highest BCUT2D eigenvalue weighted by Crippen LogP contribution is 2.24. The number of nitrogens with zero attached hydrogens (tertiary/aromatic N) is 2. The largest absolute Gasteiger partial charge is 0.348 e. The predicted octanol–water partition coefficient (Wildman–Crippen LogP) is 0.840. The van der Waals surface area contributed by atoms with Crippen LogP contribution in [0.2, 0.25) is 0 Å². The number of hydrogen-bond donors (Lipinski definition) is 2. The van der Waals surface area contributed by atoms with Gasteiger partial charge in [-0.05, 0) is 37.8 Å². The van der Waals surface area contributed by atoms with Crippen LogP contribution in [0, 0.1) is 5.92 Å². The molecular weight excluding hydrogens is 228 g/mol. The lowest BCUT2D eigenvalue weighted by atomic mass is 10.0. The molecule has 1 saturated carbocycles. The van der Waals surface area contributed by atoms with Crippen LogP contribution in [0.1, 0.15) is 42.4 Å². The molecule has 5 heteroatoms. The quantitative estimate of drug-likeness (QED) is 0.831. The minimum atomic E-state index is -0.0324. The lowest BCUT2D eigenvalue weighted by molar-refractivity contribution is 0.0919. The zero-order chi connectivity index (χ0) is 13.1. The van der Waals surface area contributed by atoms with Gasteiger partial charge in [0.15, 0.2) is 0 Å². The first-order valence-corrected chi connectivity index (χ1v) is 6.69. The van der Waals surface area contributed by atoms with E-state index in [1.807, 2.05) is 20.0 Å². The third-order valence-corrected chi connectivity index (χ3v) is 3.80. The van der Waals surface area contributed by atoms with Crippen LogP contribution in [-0.2, 0) is 13.5 Å². The summed E-state index contributed by atoms with van der Waals surface area (Å²) in [6, 6.07) is 2.09. The second kappa shape index (κ2) is 5.52. The Kier molecular flexibility index (Phi) is 4.01. The Balaban J connectivity index is 2.05. The summed E-state index contributed by atoms with van der Waals surface area (Å²) >= 11 is 0. The topological polar surface area (TPSA) is 72.9 Å². The lowest BCUT2D eigenvalue weighted by Crippen LogP contribution is -2.40. The summed E-state index contributed by atoms with van der Waals surface area (Å²) in [7, 11) is 1.81. The van der Waals surface area contributed by atoms with Crippen molar-refractivity contribution < 1.29 is 4.79 Å². The second-order valence-electron chi connectivity index (χ2n) is 5.00. The summed E-state index contributed by atoms with van der Waals surface area (Å²) in [5.74, 6) is 0.392. The van der Waals surface area contributed by atoms with Crippen LogP contribution in [0.5, 0.6) is 0 Å². The Hall–Kier alpha value is -1.36. The Morgan fingerprint density at radius 3 is 3.00 bits per heavy atom. The Labute approximate surface area is 108 Å². The molecular formula is C13H22N4O. The smallest absolute Gasteiger partial charge is 0.269 e. The molecule has 0 saturated heterocycles. The van der Waals surface area contributed by atoms with Crippen molar-refractivity contribution in [3.05, 3.63) is 17.5 Å². The van der Waals surface area contributed by atoms with Gasteiger partial charge in [0.2, 0.25) is 0 Å². The van der Waals surface area contributed by atoms with E-state index in [0.29, 0.717) is 18.2 Å². The molecule has 100 valence electrons. The maximum atomic E-state index is 12.2. The van der Waals surface area contributed by atoms with E-state index in [1.165, 1.54) is 0 Å². The van der Waals surface area contributed by atoms with Gasteiger partial charge in [0.05, 0.1) is 5.69 Å². The van der Waals surface area contributed by atoms with Gasteiger partial charge >= 0.3 is 0 Å². The molecule has 0 spiro atoms. The van der Waals surface area contributed by atoms with Crippen LogP contribution in [0.4, 0.5) is 0 Å². The van der Waals surface area contributed by atoms with Crippen LogP contribution < -0.4 is 11.1 Å². The minimum Gasteiger partial charge on any atom is -0.348 e. The molecule has 2 unspecified atom stereocenters. The third-order valence-electron chi connectivity index (χ3n) is 3.80. The highest BCUT2D eigenvalue weighted by molar-refractivity contribution is 5.92. The van der Waals surface area contributed by atoms with Gasteiger partial charge in [-0.25, -0.2) is 0 Å². The third kappa shape index (κ3) is 2.56. The van der Waals surface area contributed by atoms with Gasteiger partial charge in [-0.2, -0.15) is 5.10 Å². The minimum absolute atomic E-state index is 0.0324. The summed E-state index contributed by atoms with van der Waals surface area (Å²) in [6.45, 7) is 2.68. The molecule has 0 aliphatic heterocycles. The number of rotatable bonds is 4. The Morgan fingerprint density at radius 2 is 2.39 bits per heavy atom. The van der Waals surface area contributed by atoms with Crippen molar-refractivity contribution >= 4 is 5.91 Å². The molecule has 1 aliphatic rings. The van der Waals surface area contributed by atoms with E-state index in [1.54, 1.807) is 4.68 Å². The molecule has 3 N–H and O–H groups in total. The van der Waals surface area contributed by atoms with Crippen molar-refractivity contribution in [2.24, 2.45) is 18.7 Å². The number of carbonyl (C=O) groups is 1. The number of carbonyl (C=O) groups excluding carboxylic acids is 1. The Morgan fingerprint density at radius 1 is 1.61 bits per heavy atom. The van der Waals surface area contributed by atoms with Gasteiger partial charge in [-0.1, -0.05) is 13.3 Å². The van der Waals surface area contributed by atoms with E-state index in [4.69, 9.17) is 5.73 Å². The number of aromatic nitrogens is 2. The maximum absolute atomic E-state index is 12.2. The molecule has 2 rings (SSSR count). The number of hydrogen-bond acceptors (Lipinski definition) is 3. The van der Waals surface area contributed by atoms with Crippen molar-refractivity contribution in [2.45, 2.75) is 38.6 Å². The van der Waals surface area contributed by atoms with E-state index in [9.17, 15) is 4.79 Å². The first-order chi connectivity index (χ1) is 8.65. The van der Waals surface area contributed by atoms with Gasteiger partial charge < -0.3 is 11.1 Å². The van der Waals surface area contributed by atoms with Crippen molar-refractivity contribution in [2.75, 3.05) is 6.54 Å². The molecule has 1 aromatic heterocycles. The molecule has 1 fully saturated rings. The van der Waals surface area contributed by atoms with Crippen molar-refractivity contribution in [3.63, 3.8) is 0 Å². The average Bonchev–Trinajstić information content (AvgIpc) is 2.95. The van der Waals surface area contributed by atoms with Crippen LogP contribution in [0.25, 0.3) is 0 Å². The predicted molar refractivity (Wildman–Crippen MR) is 70.2 cm³/mol. The summed E-state index contributed by atoms with van der Waals surface area (Å²) < 4.78 is 1.65. The van der Waals surface area contributed by atoms with E-state index in [-0.39, 0.29) is 11.9 Å². The fraction of sp³-hybridized carbons (Fsp3) is 0.692. The number of amides is 1. The number of nitrogens with two attached hydrogens (primary N) is 1. The summed E-state index contributed by atoms with van der Waals surface area (Å²) in [5.41, 5.74) is 7.31. The van der Waals surface area contributed by atoms with Crippen LogP contribution in [-0.4, -0.2) is 28.3 Å².